The molecule has 4 rings (SSSR count). The minimum Gasteiger partial charge on any atom is -0.487 e. The lowest BCUT2D eigenvalue weighted by Gasteiger charge is -2.36. The van der Waals surface area contributed by atoms with Gasteiger partial charge in [-0.15, -0.1) is 0 Å². The van der Waals surface area contributed by atoms with Crippen LogP contribution in [0.1, 0.15) is 39.2 Å². The van der Waals surface area contributed by atoms with Gasteiger partial charge in [-0.1, -0.05) is 0 Å². The van der Waals surface area contributed by atoms with Crippen LogP contribution in [0.15, 0.2) is 42.6 Å². The van der Waals surface area contributed by atoms with Crippen LogP contribution in [-0.2, 0) is 11.3 Å². The second-order valence-corrected chi connectivity index (χ2v) is 9.75. The number of nitrogens with zero attached hydrogens (tertiary/aromatic N) is 2. The molecule has 196 valence electrons. The van der Waals surface area contributed by atoms with Crippen molar-refractivity contribution in [1.29, 1.82) is 0 Å². The molecule has 1 saturated carbocycles. The van der Waals surface area contributed by atoms with Gasteiger partial charge in [0.15, 0.2) is 11.6 Å². The van der Waals surface area contributed by atoms with E-state index >= 15 is 0 Å². The highest BCUT2D eigenvalue weighted by Gasteiger charge is 2.32. The number of aromatic nitrogens is 1. The minimum absolute atomic E-state index is 0.0297. The molecule has 2 amide bonds. The molecule has 2 N–H and O–H groups in total. The van der Waals surface area contributed by atoms with Crippen molar-refractivity contribution >= 4 is 28.8 Å². The molecule has 1 aromatic heterocycles. The normalized spacial score (nSPS) is 17.2. The summed E-state index contributed by atoms with van der Waals surface area (Å²) in [5, 5.41) is 13.8. The van der Waals surface area contributed by atoms with Crippen molar-refractivity contribution in [3.8, 4) is 5.75 Å². The average Bonchev–Trinajstić information content (AvgIpc) is 2.76. The first kappa shape index (κ1) is 26.2. The van der Waals surface area contributed by atoms with Crippen LogP contribution in [0.25, 0.3) is 10.8 Å². The van der Waals surface area contributed by atoms with Gasteiger partial charge in [-0.2, -0.15) is 4.90 Å². The molecule has 2 aromatic carbocycles. The van der Waals surface area contributed by atoms with E-state index < -0.39 is 35.2 Å². The van der Waals surface area contributed by atoms with Gasteiger partial charge >= 0.3 is 12.2 Å². The van der Waals surface area contributed by atoms with E-state index in [1.807, 2.05) is 0 Å². The zero-order valence-electron chi connectivity index (χ0n) is 20.4. The number of hydrogen-bond donors (Lipinski definition) is 2. The topological polar surface area (TPSA) is 101 Å². The number of carbonyl (C=O) groups is 2. The van der Waals surface area contributed by atoms with E-state index in [-0.39, 0.29) is 35.8 Å². The number of anilines is 1. The lowest BCUT2D eigenvalue weighted by Crippen LogP contribution is -2.46. The fourth-order valence-electron chi connectivity index (χ4n) is 3.95. The van der Waals surface area contributed by atoms with E-state index in [1.165, 1.54) is 30.5 Å². The van der Waals surface area contributed by atoms with Crippen molar-refractivity contribution in [1.82, 2.24) is 10.3 Å². The van der Waals surface area contributed by atoms with E-state index in [0.717, 1.165) is 12.1 Å². The molecule has 11 heteroatoms. The predicted molar refractivity (Wildman–Crippen MR) is 129 cm³/mol. The van der Waals surface area contributed by atoms with Gasteiger partial charge in [0.05, 0.1) is 0 Å². The highest BCUT2D eigenvalue weighted by Crippen LogP contribution is 2.30. The van der Waals surface area contributed by atoms with Crippen LogP contribution in [-0.4, -0.2) is 40.0 Å². The Kier molecular flexibility index (Phi) is 7.26. The number of amides is 2. The number of fused-ring (bicyclic) bond motifs is 1. The Labute approximate surface area is 211 Å². The molecule has 0 bridgehead atoms. The highest BCUT2D eigenvalue weighted by atomic mass is 19.1. The summed E-state index contributed by atoms with van der Waals surface area (Å²) in [6.45, 7) is 4.91. The number of benzene rings is 2. The summed E-state index contributed by atoms with van der Waals surface area (Å²) in [4.78, 5) is 28.7. The summed E-state index contributed by atoms with van der Waals surface area (Å²) < 4.78 is 52.4. The molecule has 0 saturated heterocycles. The van der Waals surface area contributed by atoms with Crippen LogP contribution in [0.3, 0.4) is 0 Å². The van der Waals surface area contributed by atoms with E-state index in [9.17, 15) is 27.9 Å². The molecule has 0 radical (unpaired) electrons. The van der Waals surface area contributed by atoms with Crippen LogP contribution in [0.2, 0.25) is 0 Å². The van der Waals surface area contributed by atoms with Crippen LogP contribution >= 0.6 is 0 Å². The van der Waals surface area contributed by atoms with Gasteiger partial charge in [0.2, 0.25) is 0 Å². The molecule has 0 atom stereocenters. The number of carboxylic acid groups (broad SMARTS) is 1. The maximum atomic E-state index is 14.8. The summed E-state index contributed by atoms with van der Waals surface area (Å²) in [5.74, 6) is -2.24. The van der Waals surface area contributed by atoms with E-state index in [1.54, 1.807) is 20.8 Å². The van der Waals surface area contributed by atoms with Gasteiger partial charge < -0.3 is 19.9 Å². The summed E-state index contributed by atoms with van der Waals surface area (Å²) in [5.41, 5.74) is -0.667. The monoisotopic (exact) mass is 517 g/mol. The van der Waals surface area contributed by atoms with Crippen LogP contribution in [0.5, 0.6) is 5.75 Å². The number of pyridine rings is 1. The summed E-state index contributed by atoms with van der Waals surface area (Å²) in [6.07, 6.45) is -0.568. The van der Waals surface area contributed by atoms with Crippen molar-refractivity contribution in [3.05, 3.63) is 65.6 Å². The van der Waals surface area contributed by atoms with Crippen molar-refractivity contribution in [2.45, 2.75) is 57.9 Å². The number of ether oxygens (including phenoxy) is 2. The Balaban J connectivity index is 1.47. The standard InChI is InChI=1S/C26H26F3N3O5/c1-26(2,3)37-25(35)32(24(33)34)23-11-18-14(12-31-23)4-6-20(28)19(18)13-30-16-9-17(10-16)36-22-7-5-15(27)8-21(22)29/h4-8,11-12,16-17,30H,9-10,13H2,1-3H3,(H,33,34). The molecule has 37 heavy (non-hydrogen) atoms. The fourth-order valence-corrected chi connectivity index (χ4v) is 3.95. The predicted octanol–water partition coefficient (Wildman–Crippen LogP) is 5.77. The second kappa shape index (κ2) is 10.3. The average molecular weight is 518 g/mol. The third kappa shape index (κ3) is 6.11. The number of halogens is 3. The Morgan fingerprint density at radius 1 is 1.11 bits per heavy atom. The van der Waals surface area contributed by atoms with Crippen molar-refractivity contribution < 1.29 is 37.3 Å². The van der Waals surface area contributed by atoms with E-state index in [2.05, 4.69) is 10.3 Å². The number of imide groups is 1. The van der Waals surface area contributed by atoms with Gasteiger partial charge in [0, 0.05) is 35.8 Å². The Morgan fingerprint density at radius 3 is 2.49 bits per heavy atom. The SMILES string of the molecule is CC(C)(C)OC(=O)N(C(=O)O)c1cc2c(CNC3CC(Oc4ccc(F)cc4F)C3)c(F)ccc2cn1. The summed E-state index contributed by atoms with van der Waals surface area (Å²) >= 11 is 0. The zero-order chi connectivity index (χ0) is 26.9. The Morgan fingerprint density at radius 2 is 1.84 bits per heavy atom. The smallest absolute Gasteiger partial charge is 0.425 e. The largest absolute Gasteiger partial charge is 0.487 e. The van der Waals surface area contributed by atoms with Crippen LogP contribution in [0, 0.1) is 17.5 Å². The van der Waals surface area contributed by atoms with Gasteiger partial charge in [-0.25, -0.2) is 27.7 Å². The van der Waals surface area contributed by atoms with Gasteiger partial charge in [-0.05, 0) is 69.3 Å². The Hall–Kier alpha value is -3.86. The molecule has 0 unspecified atom stereocenters. The van der Waals surface area contributed by atoms with Crippen LogP contribution in [0.4, 0.5) is 28.6 Å². The first-order chi connectivity index (χ1) is 17.4. The molecule has 1 aliphatic carbocycles. The molecular formula is C26H26F3N3O5. The highest BCUT2D eigenvalue weighted by molar-refractivity contribution is 6.08. The second-order valence-electron chi connectivity index (χ2n) is 9.75. The van der Waals surface area contributed by atoms with Crippen molar-refractivity contribution in [3.63, 3.8) is 0 Å². The molecule has 0 aliphatic heterocycles. The summed E-state index contributed by atoms with van der Waals surface area (Å²) in [6, 6.07) is 7.19. The van der Waals surface area contributed by atoms with Crippen LogP contribution < -0.4 is 15.0 Å². The molecule has 8 nitrogen and oxygen atoms in total. The Bertz CT molecular complexity index is 1340. The maximum Gasteiger partial charge on any atom is 0.425 e. The fraction of sp³-hybridized carbons (Fsp3) is 0.346. The van der Waals surface area contributed by atoms with E-state index in [0.29, 0.717) is 28.5 Å². The lowest BCUT2D eigenvalue weighted by atomic mass is 9.89. The molecule has 1 heterocycles. The first-order valence-corrected chi connectivity index (χ1v) is 11.6. The molecule has 0 spiro atoms. The van der Waals surface area contributed by atoms with Gasteiger partial charge in [0.1, 0.15) is 29.2 Å². The lowest BCUT2D eigenvalue weighted by molar-refractivity contribution is 0.0581. The number of carbonyl (C=O) groups excluding carboxylic acids is 1. The van der Waals surface area contributed by atoms with Gasteiger partial charge in [0.25, 0.3) is 0 Å². The third-order valence-corrected chi connectivity index (χ3v) is 5.79. The molecule has 1 aliphatic rings. The van der Waals surface area contributed by atoms with Crippen molar-refractivity contribution in [2.24, 2.45) is 0 Å². The number of rotatable bonds is 6. The van der Waals surface area contributed by atoms with Crippen molar-refractivity contribution in [2.75, 3.05) is 4.90 Å². The molecule has 1 fully saturated rings. The number of hydrogen-bond acceptors (Lipinski definition) is 6. The third-order valence-electron chi connectivity index (χ3n) is 5.79. The molecule has 3 aromatic rings. The zero-order valence-corrected chi connectivity index (χ0v) is 20.4. The van der Waals surface area contributed by atoms with E-state index in [4.69, 9.17) is 9.47 Å². The minimum atomic E-state index is -1.59. The van der Waals surface area contributed by atoms with Gasteiger partial charge in [-0.3, -0.25) is 0 Å². The molecular weight excluding hydrogens is 491 g/mol. The summed E-state index contributed by atoms with van der Waals surface area (Å²) in [7, 11) is 0. The first-order valence-electron chi connectivity index (χ1n) is 11.6. The number of nitrogens with one attached hydrogen (secondary N) is 1. The quantitative estimate of drug-likeness (QED) is 0.428. The maximum absolute atomic E-state index is 14.8.